The molecular formula is C39H36N8O14. The van der Waals surface area contributed by atoms with Gasteiger partial charge in [0.2, 0.25) is 23.6 Å². The molecule has 3 fully saturated rings. The zero-order valence-electron chi connectivity index (χ0n) is 33.0. The summed E-state index contributed by atoms with van der Waals surface area (Å²) < 4.78 is 5.23. The average molecular weight is 841 g/mol. The molecule has 2 heterocycles. The number of anilines is 4. The number of phenols is 1. The molecule has 316 valence electrons. The van der Waals surface area contributed by atoms with Crippen LogP contribution in [0, 0.1) is 76.0 Å². The van der Waals surface area contributed by atoms with Crippen molar-refractivity contribution < 1.29 is 48.7 Å². The smallest absolute Gasteiger partial charge is 0.301 e. The molecule has 0 bridgehead atoms. The first-order valence-corrected chi connectivity index (χ1v) is 18.6. The van der Waals surface area contributed by atoms with Gasteiger partial charge in [0.25, 0.3) is 0 Å². The number of carbonyl (C=O) groups is 4. The van der Waals surface area contributed by atoms with E-state index < -0.39 is 113 Å². The van der Waals surface area contributed by atoms with Crippen LogP contribution in [0.2, 0.25) is 0 Å². The summed E-state index contributed by atoms with van der Waals surface area (Å²) in [5.41, 5.74) is -3.50. The third-order valence-corrected chi connectivity index (χ3v) is 11.7. The maximum absolute atomic E-state index is 14.6. The van der Waals surface area contributed by atoms with Crippen molar-refractivity contribution in [3.63, 3.8) is 0 Å². The predicted molar refractivity (Wildman–Crippen MR) is 215 cm³/mol. The molecule has 2 aliphatic carbocycles. The second-order valence-corrected chi connectivity index (χ2v) is 15.4. The molecule has 3 aromatic rings. The summed E-state index contributed by atoms with van der Waals surface area (Å²) in [6.07, 6.45) is 4.65. The van der Waals surface area contributed by atoms with Crippen molar-refractivity contribution in [3.8, 4) is 11.5 Å². The molecule has 1 N–H and O–H groups in total. The molecule has 7 rings (SSSR count). The third kappa shape index (κ3) is 6.60. The molecule has 61 heavy (non-hydrogen) atoms. The second-order valence-electron chi connectivity index (χ2n) is 15.4. The van der Waals surface area contributed by atoms with Crippen LogP contribution in [-0.2, 0) is 19.2 Å². The number of phenolic OH excluding ortho intramolecular Hbond substituents is 1. The lowest BCUT2D eigenvalue weighted by Crippen LogP contribution is -2.43. The number of nitro groups is 4. The molecule has 6 atom stereocenters. The van der Waals surface area contributed by atoms with Crippen molar-refractivity contribution >= 4 is 75.2 Å². The fourth-order valence-corrected chi connectivity index (χ4v) is 9.28. The summed E-state index contributed by atoms with van der Waals surface area (Å²) >= 11 is 0. The highest BCUT2D eigenvalue weighted by atomic mass is 16.6. The molecule has 0 radical (unpaired) electrons. The van der Waals surface area contributed by atoms with E-state index in [1.54, 1.807) is 24.3 Å². The van der Waals surface area contributed by atoms with Gasteiger partial charge in [-0.2, -0.15) is 0 Å². The first kappa shape index (κ1) is 41.4. The predicted octanol–water partition coefficient (Wildman–Crippen LogP) is 4.76. The van der Waals surface area contributed by atoms with Crippen LogP contribution in [0.4, 0.5) is 45.5 Å². The van der Waals surface area contributed by atoms with Crippen LogP contribution in [0.5, 0.6) is 11.5 Å². The largest absolute Gasteiger partial charge is 0.504 e. The Kier molecular flexibility index (Phi) is 10.3. The number of allylic oxidation sites excluding steroid dienone is 3. The number of imide groups is 2. The number of fused-ring (bicyclic) bond motifs is 4. The number of nitro benzene ring substituents is 4. The van der Waals surface area contributed by atoms with E-state index in [0.717, 1.165) is 29.2 Å². The Bertz CT molecular complexity index is 2500. The number of aromatic hydroxyl groups is 1. The Morgan fingerprint density at radius 2 is 1.13 bits per heavy atom. The second kappa shape index (κ2) is 15.1. The van der Waals surface area contributed by atoms with Gasteiger partial charge in [-0.15, -0.1) is 0 Å². The third-order valence-electron chi connectivity index (χ3n) is 11.7. The van der Waals surface area contributed by atoms with E-state index in [-0.39, 0.29) is 35.7 Å². The Balaban J connectivity index is 1.35. The maximum Gasteiger partial charge on any atom is 0.301 e. The molecular weight excluding hydrogens is 804 g/mol. The topological polar surface area (TPSA) is 283 Å². The van der Waals surface area contributed by atoms with E-state index in [9.17, 15) is 64.7 Å². The molecule has 2 aliphatic heterocycles. The number of ether oxygens (including phenoxy) is 1. The molecule has 3 aromatic carbocycles. The number of rotatable bonds is 11. The van der Waals surface area contributed by atoms with Crippen molar-refractivity contribution in [1.82, 2.24) is 0 Å². The Labute approximate surface area is 344 Å². The van der Waals surface area contributed by atoms with Crippen molar-refractivity contribution in [2.75, 3.05) is 54.9 Å². The van der Waals surface area contributed by atoms with Gasteiger partial charge in [0.15, 0.2) is 22.9 Å². The SMILES string of the molecule is COc1cc(C=C[C@H]2C3=CC[C@@H]4C(=O)N(c5cc([N+](=O)[O-])c(N(C)C)c([N+](=O)[O-])c5)C(=O)[C@@H]4[C@@H]3C[C@H]3C(=O)N(c4cc([N+](=O)[O-])c(N(C)C)c([N+](=O)[O-])c4)C(=O)[C@@H]23)ccc1O. The van der Waals surface area contributed by atoms with E-state index in [4.69, 9.17) is 4.74 Å². The van der Waals surface area contributed by atoms with E-state index >= 15 is 0 Å². The van der Waals surface area contributed by atoms with E-state index in [0.29, 0.717) is 20.9 Å². The van der Waals surface area contributed by atoms with Crippen molar-refractivity contribution in [2.45, 2.75) is 12.8 Å². The quantitative estimate of drug-likeness (QED) is 0.118. The van der Waals surface area contributed by atoms with Gasteiger partial charge in [0, 0.05) is 58.4 Å². The lowest BCUT2D eigenvalue weighted by Gasteiger charge is -2.42. The summed E-state index contributed by atoms with van der Waals surface area (Å²) in [4.78, 5) is 107. The normalized spacial score (nSPS) is 23.1. The molecule has 0 aromatic heterocycles. The average Bonchev–Trinajstić information content (AvgIpc) is 3.61. The summed E-state index contributed by atoms with van der Waals surface area (Å²) in [5.74, 6) is -9.89. The number of hydrogen-bond acceptors (Lipinski definition) is 16. The van der Waals surface area contributed by atoms with Crippen molar-refractivity contribution in [1.29, 1.82) is 0 Å². The minimum absolute atomic E-state index is 0.0530. The lowest BCUT2D eigenvalue weighted by atomic mass is 9.58. The number of nitrogens with zero attached hydrogens (tertiary/aromatic N) is 8. The summed E-state index contributed by atoms with van der Waals surface area (Å²) in [6.45, 7) is 0. The monoisotopic (exact) mass is 840 g/mol. The highest BCUT2D eigenvalue weighted by Crippen LogP contribution is 2.57. The van der Waals surface area contributed by atoms with Gasteiger partial charge in [-0.1, -0.05) is 29.9 Å². The summed E-state index contributed by atoms with van der Waals surface area (Å²) in [7, 11) is 6.78. The van der Waals surface area contributed by atoms with Gasteiger partial charge in [-0.3, -0.25) is 59.6 Å². The lowest BCUT2D eigenvalue weighted by molar-refractivity contribution is -0.392. The van der Waals surface area contributed by atoms with Gasteiger partial charge >= 0.3 is 22.7 Å². The summed E-state index contributed by atoms with van der Waals surface area (Å²) in [5, 5.41) is 59.0. The van der Waals surface area contributed by atoms with E-state index in [1.807, 2.05) is 0 Å². The first-order valence-electron chi connectivity index (χ1n) is 18.6. The maximum atomic E-state index is 14.6. The summed E-state index contributed by atoms with van der Waals surface area (Å²) in [6, 6.07) is 8.06. The molecule has 22 heteroatoms. The Morgan fingerprint density at radius 3 is 1.57 bits per heavy atom. The van der Waals surface area contributed by atoms with Gasteiger partial charge in [0.1, 0.15) is 0 Å². The molecule has 4 aliphatic rings. The van der Waals surface area contributed by atoms with Crippen LogP contribution in [-0.4, -0.2) is 83.7 Å². The minimum Gasteiger partial charge on any atom is -0.504 e. The van der Waals surface area contributed by atoms with Crippen molar-refractivity contribution in [3.05, 3.63) is 106 Å². The highest BCUT2D eigenvalue weighted by molar-refractivity contribution is 6.24. The van der Waals surface area contributed by atoms with Crippen LogP contribution in [0.25, 0.3) is 6.08 Å². The number of hydrogen-bond donors (Lipinski definition) is 1. The highest BCUT2D eigenvalue weighted by Gasteiger charge is 2.62. The van der Waals surface area contributed by atoms with Gasteiger partial charge in [0.05, 0.1) is 61.8 Å². The Hall–Kier alpha value is -7.78. The van der Waals surface area contributed by atoms with Crippen LogP contribution in [0.1, 0.15) is 18.4 Å². The number of amides is 4. The fraction of sp³-hybridized carbons (Fsp3) is 0.333. The zero-order valence-corrected chi connectivity index (χ0v) is 33.0. The Morgan fingerprint density at radius 1 is 0.672 bits per heavy atom. The van der Waals surface area contributed by atoms with Crippen LogP contribution in [0.3, 0.4) is 0 Å². The number of benzene rings is 3. The van der Waals surface area contributed by atoms with Crippen LogP contribution in [0.15, 0.2) is 60.2 Å². The van der Waals surface area contributed by atoms with Gasteiger partial charge in [-0.05, 0) is 36.5 Å². The molecule has 0 spiro atoms. The zero-order chi connectivity index (χ0) is 44.5. The standard InChI is InChI=1S/C39H36N8O14/c1-40(2)34-26(44(53)54)13-19(14-27(34)45(55)56)42-36(49)23-10-9-21-22(8-6-18-7-11-30(48)31(12-18)61-5)32-25(17-24(21)33(23)39(42)52)37(50)43(38(32)51)20-15-28(46(57)58)35(41(3)4)29(16-20)47(59)60/h6-9,11-16,22-25,32-33,48H,10,17H2,1-5H3/t22-,23-,24+,25+,32-,33-/m0/s1. The first-order chi connectivity index (χ1) is 28.8. The van der Waals surface area contributed by atoms with Gasteiger partial charge < -0.3 is 19.6 Å². The van der Waals surface area contributed by atoms with E-state index in [2.05, 4.69) is 0 Å². The molecule has 4 amide bonds. The van der Waals surface area contributed by atoms with Crippen molar-refractivity contribution in [2.24, 2.45) is 35.5 Å². The van der Waals surface area contributed by atoms with Gasteiger partial charge in [-0.25, -0.2) is 9.80 Å². The fourth-order valence-electron chi connectivity index (χ4n) is 9.28. The minimum atomic E-state index is -1.22. The molecule has 1 saturated carbocycles. The number of methoxy groups -OCH3 is 1. The number of carbonyl (C=O) groups excluding carboxylic acids is 4. The molecule has 2 saturated heterocycles. The molecule has 22 nitrogen and oxygen atoms in total. The van der Waals surface area contributed by atoms with Crippen LogP contribution >= 0.6 is 0 Å². The van der Waals surface area contributed by atoms with E-state index in [1.165, 1.54) is 52.3 Å². The molecule has 0 unspecified atom stereocenters. The van der Waals surface area contributed by atoms with Crippen LogP contribution < -0.4 is 24.3 Å².